The number of fused-ring (bicyclic) bond motifs is 1. The molecule has 0 aliphatic heterocycles. The first-order valence-corrected chi connectivity index (χ1v) is 10.5. The molecule has 0 radical (unpaired) electrons. The first kappa shape index (κ1) is 20.9. The maximum atomic E-state index is 12.7. The fraction of sp³-hybridized carbons (Fsp3) is 0.625. The molecular formula is C24H34O4. The van der Waals surface area contributed by atoms with Gasteiger partial charge in [0.25, 0.3) is 0 Å². The molecule has 4 nitrogen and oxygen atoms in total. The van der Waals surface area contributed by atoms with Crippen molar-refractivity contribution < 1.29 is 19.7 Å². The molecule has 2 aliphatic carbocycles. The first-order chi connectivity index (χ1) is 13.1. The average molecular weight is 387 g/mol. The van der Waals surface area contributed by atoms with Gasteiger partial charge < -0.3 is 14.9 Å². The Morgan fingerprint density at radius 1 is 1.18 bits per heavy atom. The minimum Gasteiger partial charge on any atom is -0.508 e. The Morgan fingerprint density at radius 2 is 1.86 bits per heavy atom. The molecule has 0 aromatic heterocycles. The summed E-state index contributed by atoms with van der Waals surface area (Å²) < 4.78 is 6.05. The second-order valence-electron chi connectivity index (χ2n) is 9.62. The third kappa shape index (κ3) is 4.27. The van der Waals surface area contributed by atoms with Crippen LogP contribution < -0.4 is 0 Å². The third-order valence-electron chi connectivity index (χ3n) is 7.06. The van der Waals surface area contributed by atoms with Crippen LogP contribution in [0.3, 0.4) is 0 Å². The van der Waals surface area contributed by atoms with Crippen LogP contribution in [0.15, 0.2) is 30.3 Å². The molecule has 3 rings (SSSR count). The van der Waals surface area contributed by atoms with Crippen molar-refractivity contribution in [2.24, 2.45) is 23.2 Å². The highest BCUT2D eigenvalue weighted by atomic mass is 16.5. The van der Waals surface area contributed by atoms with Crippen molar-refractivity contribution in [2.75, 3.05) is 0 Å². The van der Waals surface area contributed by atoms with Crippen LogP contribution in [0, 0.1) is 23.2 Å². The topological polar surface area (TPSA) is 66.8 Å². The summed E-state index contributed by atoms with van der Waals surface area (Å²) in [6.07, 6.45) is 7.85. The lowest BCUT2D eigenvalue weighted by Gasteiger charge is -2.57. The van der Waals surface area contributed by atoms with E-state index < -0.39 is 5.60 Å². The maximum Gasteiger partial charge on any atom is 0.331 e. The van der Waals surface area contributed by atoms with Crippen molar-refractivity contribution in [2.45, 2.75) is 71.5 Å². The van der Waals surface area contributed by atoms with Gasteiger partial charge in [0.05, 0.1) is 5.60 Å². The number of esters is 1. The largest absolute Gasteiger partial charge is 0.508 e. The molecule has 0 amide bonds. The summed E-state index contributed by atoms with van der Waals surface area (Å²) in [7, 11) is 0. The van der Waals surface area contributed by atoms with Gasteiger partial charge in [-0.1, -0.05) is 39.3 Å². The van der Waals surface area contributed by atoms with Crippen LogP contribution in [0.5, 0.6) is 5.75 Å². The van der Waals surface area contributed by atoms with Gasteiger partial charge in [0.15, 0.2) is 0 Å². The fourth-order valence-corrected chi connectivity index (χ4v) is 5.64. The summed E-state index contributed by atoms with van der Waals surface area (Å²) in [6, 6.07) is 6.68. The Labute approximate surface area is 168 Å². The van der Waals surface area contributed by atoms with E-state index in [4.69, 9.17) is 4.74 Å². The molecule has 0 saturated heterocycles. The van der Waals surface area contributed by atoms with Crippen LogP contribution in [-0.4, -0.2) is 27.9 Å². The molecule has 2 saturated carbocycles. The first-order valence-electron chi connectivity index (χ1n) is 10.5. The van der Waals surface area contributed by atoms with E-state index in [-0.39, 0.29) is 35.1 Å². The molecular weight excluding hydrogens is 352 g/mol. The number of carbonyl (C=O) groups is 1. The molecule has 0 spiro atoms. The van der Waals surface area contributed by atoms with Crippen molar-refractivity contribution in [3.8, 4) is 5.75 Å². The van der Waals surface area contributed by atoms with Gasteiger partial charge in [0, 0.05) is 12.0 Å². The molecule has 0 heterocycles. The number of phenols is 1. The zero-order valence-electron chi connectivity index (χ0n) is 17.5. The number of benzene rings is 1. The zero-order chi connectivity index (χ0) is 20.5. The van der Waals surface area contributed by atoms with E-state index in [2.05, 4.69) is 20.8 Å². The minimum absolute atomic E-state index is 0.0127. The lowest BCUT2D eigenvalue weighted by molar-refractivity contribution is -0.201. The predicted molar refractivity (Wildman–Crippen MR) is 111 cm³/mol. The maximum absolute atomic E-state index is 12.7. The summed E-state index contributed by atoms with van der Waals surface area (Å²) in [6.45, 7) is 8.54. The molecule has 28 heavy (non-hydrogen) atoms. The van der Waals surface area contributed by atoms with Gasteiger partial charge in [0.2, 0.25) is 0 Å². The van der Waals surface area contributed by atoms with Gasteiger partial charge >= 0.3 is 5.97 Å². The van der Waals surface area contributed by atoms with Crippen LogP contribution >= 0.6 is 0 Å². The van der Waals surface area contributed by atoms with Crippen molar-refractivity contribution in [1.82, 2.24) is 0 Å². The molecule has 0 unspecified atom stereocenters. The highest BCUT2D eigenvalue weighted by Crippen LogP contribution is 2.57. The van der Waals surface area contributed by atoms with E-state index in [1.54, 1.807) is 30.3 Å². The smallest absolute Gasteiger partial charge is 0.331 e. The number of carbonyl (C=O) groups excluding carboxylic acids is 1. The van der Waals surface area contributed by atoms with Crippen molar-refractivity contribution in [3.63, 3.8) is 0 Å². The van der Waals surface area contributed by atoms with E-state index in [1.807, 2.05) is 6.92 Å². The highest BCUT2D eigenvalue weighted by Gasteiger charge is 2.57. The minimum atomic E-state index is -0.813. The normalized spacial score (nSPS) is 35.7. The van der Waals surface area contributed by atoms with Crippen LogP contribution in [0.2, 0.25) is 0 Å². The molecule has 0 bridgehead atoms. The van der Waals surface area contributed by atoms with Crippen molar-refractivity contribution >= 4 is 12.0 Å². The number of ether oxygens (including phenoxy) is 1. The molecule has 2 fully saturated rings. The number of hydrogen-bond donors (Lipinski definition) is 2. The lowest BCUT2D eigenvalue weighted by Crippen LogP contribution is -2.59. The molecule has 2 N–H and O–H groups in total. The van der Waals surface area contributed by atoms with Gasteiger partial charge in [-0.05, 0) is 73.6 Å². The molecule has 4 heteroatoms. The Morgan fingerprint density at radius 3 is 2.50 bits per heavy atom. The van der Waals surface area contributed by atoms with Gasteiger partial charge in [0.1, 0.15) is 11.9 Å². The number of aliphatic hydroxyl groups is 1. The Kier molecular flexibility index (Phi) is 5.90. The Hall–Kier alpha value is -1.81. The zero-order valence-corrected chi connectivity index (χ0v) is 17.5. The number of phenolic OH excluding ortho intramolecular Hbond substituents is 1. The van der Waals surface area contributed by atoms with Gasteiger partial charge in [-0.25, -0.2) is 4.79 Å². The number of hydrogen-bond acceptors (Lipinski definition) is 4. The second-order valence-corrected chi connectivity index (χ2v) is 9.62. The predicted octanol–water partition coefficient (Wildman–Crippen LogP) is 4.94. The average Bonchev–Trinajstić information content (AvgIpc) is 2.60. The van der Waals surface area contributed by atoms with Crippen LogP contribution in [0.1, 0.15) is 65.4 Å². The van der Waals surface area contributed by atoms with Crippen molar-refractivity contribution in [3.05, 3.63) is 35.9 Å². The quantitative estimate of drug-likeness (QED) is 0.568. The SMILES string of the molecule is CC(C)[C@@H]1CC[C@@]2(C)CCC[C@@](C)(O)[C@@H]2[C@@H]1OC(=O)/C=C/c1ccc(O)cc1. The van der Waals surface area contributed by atoms with Crippen molar-refractivity contribution in [1.29, 1.82) is 0 Å². The molecule has 1 aromatic rings. The molecule has 5 atom stereocenters. The summed E-state index contributed by atoms with van der Waals surface area (Å²) >= 11 is 0. The number of rotatable bonds is 4. The summed E-state index contributed by atoms with van der Waals surface area (Å²) in [4.78, 5) is 12.7. The summed E-state index contributed by atoms with van der Waals surface area (Å²) in [5, 5.41) is 20.6. The third-order valence-corrected chi connectivity index (χ3v) is 7.06. The molecule has 1 aromatic carbocycles. The van der Waals surface area contributed by atoms with Crippen LogP contribution in [-0.2, 0) is 9.53 Å². The standard InChI is InChI=1S/C24H34O4/c1-16(2)19-12-15-23(3)13-5-14-24(4,27)22(23)21(19)28-20(26)11-8-17-6-9-18(25)10-7-17/h6-11,16,19,21-22,25,27H,5,12-15H2,1-4H3/b11-8+/t19-,21+,22+,23+,24+/m0/s1. The van der Waals surface area contributed by atoms with Crippen LogP contribution in [0.4, 0.5) is 0 Å². The Bertz CT molecular complexity index is 719. The summed E-state index contributed by atoms with van der Waals surface area (Å²) in [5.74, 6) is 0.436. The van der Waals surface area contributed by atoms with Crippen LogP contribution in [0.25, 0.3) is 6.08 Å². The van der Waals surface area contributed by atoms with E-state index in [0.29, 0.717) is 5.92 Å². The number of aromatic hydroxyl groups is 1. The van der Waals surface area contributed by atoms with E-state index in [9.17, 15) is 15.0 Å². The monoisotopic (exact) mass is 386 g/mol. The highest BCUT2D eigenvalue weighted by molar-refractivity contribution is 5.87. The molecule has 154 valence electrons. The second kappa shape index (κ2) is 7.90. The van der Waals surface area contributed by atoms with E-state index >= 15 is 0 Å². The summed E-state index contributed by atoms with van der Waals surface area (Å²) in [5.41, 5.74) is 0.0265. The lowest BCUT2D eigenvalue weighted by atomic mass is 9.51. The van der Waals surface area contributed by atoms with E-state index in [1.165, 1.54) is 6.08 Å². The van der Waals surface area contributed by atoms with Gasteiger partial charge in [-0.2, -0.15) is 0 Å². The fourth-order valence-electron chi connectivity index (χ4n) is 5.64. The van der Waals surface area contributed by atoms with Gasteiger partial charge in [-0.15, -0.1) is 0 Å². The Balaban J connectivity index is 1.82. The molecule has 2 aliphatic rings. The van der Waals surface area contributed by atoms with E-state index in [0.717, 1.165) is 37.7 Å². The van der Waals surface area contributed by atoms with Gasteiger partial charge in [-0.3, -0.25) is 0 Å².